The molecule has 1 aromatic heterocycles. The smallest absolute Gasteiger partial charge is 0.0488 e. The van der Waals surface area contributed by atoms with E-state index in [0.717, 1.165) is 18.7 Å². The molecule has 0 aliphatic heterocycles. The molecule has 0 amide bonds. The standard InChI is InChI=1S/C15H18Cl2N2/c1-11(2)18-9-14-4-3-7-19(14)10-12-5-6-13(16)8-15(12)17/h3-8,11,18H,9-10H2,1-2H3. The molecule has 2 nitrogen and oxygen atoms in total. The number of halogens is 2. The predicted molar refractivity (Wildman–Crippen MR) is 82.0 cm³/mol. The average Bonchev–Trinajstić information content (AvgIpc) is 2.77. The van der Waals surface area contributed by atoms with E-state index < -0.39 is 0 Å². The fourth-order valence-corrected chi connectivity index (χ4v) is 2.37. The van der Waals surface area contributed by atoms with Crippen LogP contribution < -0.4 is 5.32 Å². The minimum absolute atomic E-state index is 0.475. The Morgan fingerprint density at radius 2 is 2.00 bits per heavy atom. The second-order valence-electron chi connectivity index (χ2n) is 4.90. The van der Waals surface area contributed by atoms with E-state index >= 15 is 0 Å². The van der Waals surface area contributed by atoms with Gasteiger partial charge in [0.25, 0.3) is 0 Å². The summed E-state index contributed by atoms with van der Waals surface area (Å²) in [6.45, 7) is 5.90. The van der Waals surface area contributed by atoms with Crippen molar-refractivity contribution >= 4 is 23.2 Å². The van der Waals surface area contributed by atoms with Crippen molar-refractivity contribution in [3.8, 4) is 0 Å². The first-order valence-electron chi connectivity index (χ1n) is 6.37. The summed E-state index contributed by atoms with van der Waals surface area (Å²) >= 11 is 12.1. The zero-order chi connectivity index (χ0) is 13.8. The van der Waals surface area contributed by atoms with Crippen LogP contribution in [0.5, 0.6) is 0 Å². The van der Waals surface area contributed by atoms with Gasteiger partial charge in [-0.25, -0.2) is 0 Å². The minimum Gasteiger partial charge on any atom is -0.346 e. The molecule has 2 aromatic rings. The van der Waals surface area contributed by atoms with Crippen molar-refractivity contribution in [1.29, 1.82) is 0 Å². The van der Waals surface area contributed by atoms with Crippen molar-refractivity contribution in [1.82, 2.24) is 9.88 Å². The summed E-state index contributed by atoms with van der Waals surface area (Å²) < 4.78 is 2.20. The SMILES string of the molecule is CC(C)NCc1cccn1Cc1ccc(Cl)cc1Cl. The predicted octanol–water partition coefficient (Wildman–Crippen LogP) is 4.34. The number of hydrogen-bond donors (Lipinski definition) is 1. The van der Waals surface area contributed by atoms with Gasteiger partial charge in [-0.15, -0.1) is 0 Å². The molecule has 0 bridgehead atoms. The Labute approximate surface area is 124 Å². The van der Waals surface area contributed by atoms with E-state index in [9.17, 15) is 0 Å². The third-order valence-electron chi connectivity index (χ3n) is 2.97. The quantitative estimate of drug-likeness (QED) is 0.868. The van der Waals surface area contributed by atoms with Crippen molar-refractivity contribution < 1.29 is 0 Å². The van der Waals surface area contributed by atoms with Gasteiger partial charge in [0, 0.05) is 41.1 Å². The van der Waals surface area contributed by atoms with Crippen LogP contribution in [0.15, 0.2) is 36.5 Å². The minimum atomic E-state index is 0.475. The molecular weight excluding hydrogens is 279 g/mol. The lowest BCUT2D eigenvalue weighted by molar-refractivity contribution is 0.564. The van der Waals surface area contributed by atoms with Crippen LogP contribution in [-0.4, -0.2) is 10.6 Å². The maximum atomic E-state index is 6.21. The lowest BCUT2D eigenvalue weighted by atomic mass is 10.2. The topological polar surface area (TPSA) is 17.0 Å². The largest absolute Gasteiger partial charge is 0.346 e. The van der Waals surface area contributed by atoms with Gasteiger partial charge in [0.1, 0.15) is 0 Å². The normalized spacial score (nSPS) is 11.2. The van der Waals surface area contributed by atoms with Gasteiger partial charge in [-0.05, 0) is 29.8 Å². The van der Waals surface area contributed by atoms with E-state index in [-0.39, 0.29) is 0 Å². The van der Waals surface area contributed by atoms with Crippen LogP contribution in [0.2, 0.25) is 10.0 Å². The molecule has 0 radical (unpaired) electrons. The molecule has 102 valence electrons. The Balaban J connectivity index is 2.12. The first-order chi connectivity index (χ1) is 9.06. The molecule has 1 N–H and O–H groups in total. The molecule has 4 heteroatoms. The highest BCUT2D eigenvalue weighted by Crippen LogP contribution is 2.22. The van der Waals surface area contributed by atoms with E-state index in [1.54, 1.807) is 6.07 Å². The third kappa shape index (κ3) is 4.00. The van der Waals surface area contributed by atoms with E-state index in [1.165, 1.54) is 5.69 Å². The zero-order valence-electron chi connectivity index (χ0n) is 11.2. The summed E-state index contributed by atoms with van der Waals surface area (Å²) in [5.74, 6) is 0. The first kappa shape index (κ1) is 14.4. The summed E-state index contributed by atoms with van der Waals surface area (Å²) in [5.41, 5.74) is 2.33. The maximum absolute atomic E-state index is 6.21. The van der Waals surface area contributed by atoms with Crippen molar-refractivity contribution in [3.05, 3.63) is 57.8 Å². The van der Waals surface area contributed by atoms with Crippen molar-refractivity contribution in [2.75, 3.05) is 0 Å². The van der Waals surface area contributed by atoms with E-state index in [4.69, 9.17) is 23.2 Å². The highest BCUT2D eigenvalue weighted by Gasteiger charge is 2.06. The van der Waals surface area contributed by atoms with Gasteiger partial charge in [-0.2, -0.15) is 0 Å². The number of nitrogens with one attached hydrogen (secondary N) is 1. The molecule has 0 atom stereocenters. The highest BCUT2D eigenvalue weighted by molar-refractivity contribution is 6.35. The van der Waals surface area contributed by atoms with Crippen molar-refractivity contribution in [2.45, 2.75) is 33.0 Å². The molecular formula is C15H18Cl2N2. The second kappa shape index (κ2) is 6.47. The maximum Gasteiger partial charge on any atom is 0.0488 e. The molecule has 0 spiro atoms. The number of rotatable bonds is 5. The number of benzene rings is 1. The Morgan fingerprint density at radius 3 is 2.68 bits per heavy atom. The van der Waals surface area contributed by atoms with Crippen LogP contribution in [-0.2, 0) is 13.1 Å². The fraction of sp³-hybridized carbons (Fsp3) is 0.333. The van der Waals surface area contributed by atoms with Gasteiger partial charge in [0.2, 0.25) is 0 Å². The van der Waals surface area contributed by atoms with Crippen LogP contribution >= 0.6 is 23.2 Å². The first-order valence-corrected chi connectivity index (χ1v) is 7.13. The molecule has 0 aliphatic carbocycles. The molecule has 1 aromatic carbocycles. The number of nitrogens with zero attached hydrogens (tertiary/aromatic N) is 1. The Bertz CT molecular complexity index is 547. The van der Waals surface area contributed by atoms with Crippen molar-refractivity contribution in [2.24, 2.45) is 0 Å². The lowest BCUT2D eigenvalue weighted by Gasteiger charge is -2.13. The van der Waals surface area contributed by atoms with E-state index in [0.29, 0.717) is 16.1 Å². The molecule has 0 unspecified atom stereocenters. The Kier molecular flexibility index (Phi) is 4.92. The van der Waals surface area contributed by atoms with Crippen molar-refractivity contribution in [3.63, 3.8) is 0 Å². The molecule has 19 heavy (non-hydrogen) atoms. The molecule has 0 fully saturated rings. The summed E-state index contributed by atoms with van der Waals surface area (Å²) in [4.78, 5) is 0. The summed E-state index contributed by atoms with van der Waals surface area (Å²) in [6.07, 6.45) is 2.07. The Hall–Kier alpha value is -0.960. The van der Waals surface area contributed by atoms with Gasteiger partial charge < -0.3 is 9.88 Å². The lowest BCUT2D eigenvalue weighted by Crippen LogP contribution is -2.23. The Morgan fingerprint density at radius 1 is 1.21 bits per heavy atom. The summed E-state index contributed by atoms with van der Waals surface area (Å²) in [7, 11) is 0. The second-order valence-corrected chi connectivity index (χ2v) is 5.74. The van der Waals surface area contributed by atoms with Gasteiger partial charge in [0.15, 0.2) is 0 Å². The van der Waals surface area contributed by atoms with Gasteiger partial charge in [-0.1, -0.05) is 43.1 Å². The fourth-order valence-electron chi connectivity index (χ4n) is 1.91. The monoisotopic (exact) mass is 296 g/mol. The molecule has 1 heterocycles. The van der Waals surface area contributed by atoms with E-state index in [1.807, 2.05) is 12.1 Å². The number of hydrogen-bond acceptors (Lipinski definition) is 1. The van der Waals surface area contributed by atoms with Gasteiger partial charge >= 0.3 is 0 Å². The molecule has 0 aliphatic rings. The zero-order valence-corrected chi connectivity index (χ0v) is 12.7. The molecule has 2 rings (SSSR count). The van der Waals surface area contributed by atoms with Crippen LogP contribution in [0.1, 0.15) is 25.1 Å². The molecule has 0 saturated heterocycles. The van der Waals surface area contributed by atoms with Gasteiger partial charge in [-0.3, -0.25) is 0 Å². The van der Waals surface area contributed by atoms with Crippen LogP contribution in [0.3, 0.4) is 0 Å². The van der Waals surface area contributed by atoms with E-state index in [2.05, 4.69) is 42.1 Å². The van der Waals surface area contributed by atoms with Crippen LogP contribution in [0.25, 0.3) is 0 Å². The van der Waals surface area contributed by atoms with Crippen LogP contribution in [0.4, 0.5) is 0 Å². The highest BCUT2D eigenvalue weighted by atomic mass is 35.5. The summed E-state index contributed by atoms with van der Waals surface area (Å²) in [6, 6.07) is 10.3. The van der Waals surface area contributed by atoms with Crippen LogP contribution in [0, 0.1) is 0 Å². The molecule has 0 saturated carbocycles. The summed E-state index contributed by atoms with van der Waals surface area (Å²) in [5, 5.41) is 4.80. The average molecular weight is 297 g/mol. The van der Waals surface area contributed by atoms with Gasteiger partial charge in [0.05, 0.1) is 0 Å². The third-order valence-corrected chi connectivity index (χ3v) is 3.56. The number of aromatic nitrogens is 1.